The third-order valence-corrected chi connectivity index (χ3v) is 11.1. The van der Waals surface area contributed by atoms with Gasteiger partial charge >= 0.3 is 0 Å². The van der Waals surface area contributed by atoms with Gasteiger partial charge in [-0.25, -0.2) is 15.0 Å². The van der Waals surface area contributed by atoms with E-state index in [1.807, 2.05) is 42.5 Å². The standard InChI is InChI=1S/C49H29N3O2/c1-2-11-28(12-3-1)47-50-48(52-49(51-47)38-21-10-19-36-34-17-6-7-22-41(34)54-46(36)38)31-14-8-13-29(25-31)30-23-24-42-40(26-30)45-37-20-9-18-35-32-15-4-5-16-33(32)39(44(35)37)27-43(45)53-42/h1-9,11-18,20-27H,10,19H2. The highest BCUT2D eigenvalue weighted by Gasteiger charge is 2.26. The van der Waals surface area contributed by atoms with Gasteiger partial charge in [-0.15, -0.1) is 0 Å². The number of benzene rings is 7. The molecule has 2 aliphatic carbocycles. The minimum Gasteiger partial charge on any atom is -0.456 e. The van der Waals surface area contributed by atoms with E-state index in [4.69, 9.17) is 23.8 Å². The molecular weight excluding hydrogens is 663 g/mol. The van der Waals surface area contributed by atoms with E-state index in [1.54, 1.807) is 0 Å². The zero-order valence-electron chi connectivity index (χ0n) is 29.0. The second kappa shape index (κ2) is 11.2. The Labute approximate surface area is 309 Å². The van der Waals surface area contributed by atoms with E-state index in [0.717, 1.165) is 79.3 Å². The molecule has 0 amide bonds. The van der Waals surface area contributed by atoms with Crippen LogP contribution in [0, 0.1) is 0 Å². The average molecular weight is 692 g/mol. The van der Waals surface area contributed by atoms with E-state index in [9.17, 15) is 0 Å². The Balaban J connectivity index is 1.00. The number of para-hydroxylation sites is 1. The molecule has 2 aliphatic rings. The van der Waals surface area contributed by atoms with Gasteiger partial charge < -0.3 is 8.83 Å². The SMILES string of the molecule is C1=C(c2nc(-c3ccccc3)nc(-c3cccc(-c4ccc5oc6cc7c8c(cccc8c6c5c4)-c4ccccc4-7)c3)n2)c2oc3ccccc3c2CC1. The van der Waals surface area contributed by atoms with Crippen molar-refractivity contribution in [3.05, 3.63) is 169 Å². The predicted octanol–water partition coefficient (Wildman–Crippen LogP) is 12.7. The number of hydrogen-bond acceptors (Lipinski definition) is 5. The van der Waals surface area contributed by atoms with Crippen molar-refractivity contribution in [3.63, 3.8) is 0 Å². The van der Waals surface area contributed by atoms with E-state index in [-0.39, 0.29) is 0 Å². The van der Waals surface area contributed by atoms with Crippen molar-refractivity contribution in [3.8, 4) is 56.2 Å². The maximum Gasteiger partial charge on any atom is 0.167 e. The zero-order valence-corrected chi connectivity index (χ0v) is 29.0. The molecule has 54 heavy (non-hydrogen) atoms. The molecule has 7 aromatic carbocycles. The van der Waals surface area contributed by atoms with E-state index in [2.05, 4.69) is 109 Å². The predicted molar refractivity (Wildman–Crippen MR) is 217 cm³/mol. The van der Waals surface area contributed by atoms with Crippen LogP contribution in [0.15, 0.2) is 161 Å². The maximum absolute atomic E-state index is 6.56. The van der Waals surface area contributed by atoms with Crippen LogP contribution in [0.3, 0.4) is 0 Å². The van der Waals surface area contributed by atoms with Crippen molar-refractivity contribution in [2.24, 2.45) is 0 Å². The summed E-state index contributed by atoms with van der Waals surface area (Å²) >= 11 is 0. The fraction of sp³-hybridized carbons (Fsp3) is 0.0408. The van der Waals surface area contributed by atoms with Crippen LogP contribution in [-0.4, -0.2) is 15.0 Å². The van der Waals surface area contributed by atoms with Crippen molar-refractivity contribution in [2.75, 3.05) is 0 Å². The van der Waals surface area contributed by atoms with Gasteiger partial charge in [-0.05, 0) is 87.3 Å². The molecule has 12 rings (SSSR count). The van der Waals surface area contributed by atoms with Crippen molar-refractivity contribution >= 4 is 49.3 Å². The number of aryl methyl sites for hydroxylation is 1. The summed E-state index contributed by atoms with van der Waals surface area (Å²) in [6.07, 6.45) is 4.01. The van der Waals surface area contributed by atoms with E-state index < -0.39 is 0 Å². The molecule has 0 unspecified atom stereocenters. The first-order chi connectivity index (χ1) is 26.7. The van der Waals surface area contributed by atoms with Crippen molar-refractivity contribution in [2.45, 2.75) is 12.8 Å². The van der Waals surface area contributed by atoms with Crippen LogP contribution in [0.4, 0.5) is 0 Å². The number of fused-ring (bicyclic) bond motifs is 10. The molecule has 0 spiro atoms. The molecule has 10 aromatic rings. The lowest BCUT2D eigenvalue weighted by molar-refractivity contribution is 0.590. The van der Waals surface area contributed by atoms with Gasteiger partial charge in [0, 0.05) is 32.8 Å². The number of nitrogens with zero attached hydrogens (tertiary/aromatic N) is 3. The molecule has 5 heteroatoms. The Hall–Kier alpha value is -7.11. The first-order valence-corrected chi connectivity index (χ1v) is 18.4. The normalized spacial score (nSPS) is 13.1. The highest BCUT2D eigenvalue weighted by molar-refractivity contribution is 6.28. The second-order valence-corrected chi connectivity index (χ2v) is 14.2. The van der Waals surface area contributed by atoms with Gasteiger partial charge in [0.15, 0.2) is 17.5 Å². The summed E-state index contributed by atoms with van der Waals surface area (Å²) in [6, 6.07) is 50.9. The van der Waals surface area contributed by atoms with E-state index >= 15 is 0 Å². The van der Waals surface area contributed by atoms with Crippen LogP contribution in [0.25, 0.3) is 105 Å². The fourth-order valence-electron chi connectivity index (χ4n) is 8.71. The number of allylic oxidation sites excluding steroid dienone is 1. The number of aromatic nitrogens is 3. The van der Waals surface area contributed by atoms with Crippen LogP contribution >= 0.6 is 0 Å². The molecule has 0 fully saturated rings. The lowest BCUT2D eigenvalue weighted by Crippen LogP contribution is -2.06. The molecule has 0 saturated heterocycles. The molecule has 0 aliphatic heterocycles. The summed E-state index contributed by atoms with van der Waals surface area (Å²) in [5, 5.41) is 5.92. The monoisotopic (exact) mass is 691 g/mol. The molecule has 0 radical (unpaired) electrons. The number of hydrogen-bond donors (Lipinski definition) is 0. The molecule has 5 nitrogen and oxygen atoms in total. The first-order valence-electron chi connectivity index (χ1n) is 18.4. The lowest BCUT2D eigenvalue weighted by atomic mass is 9.95. The molecule has 0 atom stereocenters. The largest absolute Gasteiger partial charge is 0.456 e. The van der Waals surface area contributed by atoms with Gasteiger partial charge in [-0.1, -0.05) is 121 Å². The summed E-state index contributed by atoms with van der Waals surface area (Å²) < 4.78 is 13.0. The highest BCUT2D eigenvalue weighted by atomic mass is 16.3. The van der Waals surface area contributed by atoms with Gasteiger partial charge in [0.05, 0.1) is 5.57 Å². The molecular formula is C49H29N3O2. The Bertz CT molecular complexity index is 3220. The van der Waals surface area contributed by atoms with Gasteiger partial charge in [0.2, 0.25) is 0 Å². The van der Waals surface area contributed by atoms with Crippen molar-refractivity contribution < 1.29 is 8.83 Å². The van der Waals surface area contributed by atoms with Crippen LogP contribution in [0.5, 0.6) is 0 Å². The maximum atomic E-state index is 6.56. The van der Waals surface area contributed by atoms with Crippen molar-refractivity contribution in [1.82, 2.24) is 15.0 Å². The zero-order chi connectivity index (χ0) is 35.3. The quantitative estimate of drug-likeness (QED) is 0.184. The van der Waals surface area contributed by atoms with Gasteiger partial charge in [-0.3, -0.25) is 0 Å². The van der Waals surface area contributed by atoms with Crippen LogP contribution in [0.1, 0.15) is 23.6 Å². The number of furan rings is 2. The number of rotatable bonds is 4. The Morgan fingerprint density at radius 2 is 1.07 bits per heavy atom. The lowest BCUT2D eigenvalue weighted by Gasteiger charge is -2.14. The van der Waals surface area contributed by atoms with E-state index in [0.29, 0.717) is 17.5 Å². The summed E-state index contributed by atoms with van der Waals surface area (Å²) in [5.41, 5.74) is 13.9. The summed E-state index contributed by atoms with van der Waals surface area (Å²) in [7, 11) is 0. The van der Waals surface area contributed by atoms with E-state index in [1.165, 1.54) is 38.6 Å². The van der Waals surface area contributed by atoms with Gasteiger partial charge in [0.1, 0.15) is 22.5 Å². The first kappa shape index (κ1) is 29.5. The molecule has 3 aromatic heterocycles. The average Bonchev–Trinajstić information content (AvgIpc) is 3.91. The summed E-state index contributed by atoms with van der Waals surface area (Å²) in [6.45, 7) is 0. The van der Waals surface area contributed by atoms with Gasteiger partial charge in [0.25, 0.3) is 0 Å². The minimum atomic E-state index is 0.612. The summed E-state index contributed by atoms with van der Waals surface area (Å²) in [5.74, 6) is 2.70. The second-order valence-electron chi connectivity index (χ2n) is 14.2. The Morgan fingerprint density at radius 3 is 1.98 bits per heavy atom. The minimum absolute atomic E-state index is 0.612. The molecule has 252 valence electrons. The molecule has 3 heterocycles. The third kappa shape index (κ3) is 4.30. The molecule has 0 N–H and O–H groups in total. The van der Waals surface area contributed by atoms with Crippen LogP contribution < -0.4 is 0 Å². The smallest absolute Gasteiger partial charge is 0.167 e. The van der Waals surface area contributed by atoms with Crippen molar-refractivity contribution in [1.29, 1.82) is 0 Å². The fourth-order valence-corrected chi connectivity index (χ4v) is 8.71. The Kier molecular flexibility index (Phi) is 6.11. The highest BCUT2D eigenvalue weighted by Crippen LogP contribution is 2.51. The summed E-state index contributed by atoms with van der Waals surface area (Å²) in [4.78, 5) is 15.3. The van der Waals surface area contributed by atoms with Gasteiger partial charge in [-0.2, -0.15) is 0 Å². The van der Waals surface area contributed by atoms with Crippen LogP contribution in [-0.2, 0) is 6.42 Å². The molecule has 0 bridgehead atoms. The topological polar surface area (TPSA) is 65.0 Å². The Morgan fingerprint density at radius 1 is 0.407 bits per heavy atom. The third-order valence-electron chi connectivity index (χ3n) is 11.1. The van der Waals surface area contributed by atoms with Crippen LogP contribution in [0.2, 0.25) is 0 Å². The molecule has 0 saturated carbocycles.